The van der Waals surface area contributed by atoms with Crippen molar-refractivity contribution >= 4 is 33.4 Å². The SMILES string of the molecule is CC1OC(=O)C(c2ccc(F)c(Br)c2)C2C(=O)C3=C(COCC3(C)C)N=C12. The lowest BCUT2D eigenvalue weighted by molar-refractivity contribution is -0.152. The van der Waals surface area contributed by atoms with Crippen molar-refractivity contribution < 1.29 is 23.5 Å². The summed E-state index contributed by atoms with van der Waals surface area (Å²) in [5, 5.41) is 0. The number of ether oxygens (including phenoxy) is 2. The molecule has 0 N–H and O–H groups in total. The third kappa shape index (κ3) is 2.88. The van der Waals surface area contributed by atoms with Crippen molar-refractivity contribution in [3.05, 3.63) is 45.3 Å². The minimum Gasteiger partial charge on any atom is -0.456 e. The zero-order valence-electron chi connectivity index (χ0n) is 15.2. The molecule has 1 saturated heterocycles. The third-order valence-corrected chi connectivity index (χ3v) is 5.99. The van der Waals surface area contributed by atoms with Gasteiger partial charge in [-0.15, -0.1) is 0 Å². The molecule has 5 nitrogen and oxygen atoms in total. The summed E-state index contributed by atoms with van der Waals surface area (Å²) in [5.41, 5.74) is 1.81. The minimum atomic E-state index is -0.850. The lowest BCUT2D eigenvalue weighted by Crippen LogP contribution is -2.51. The summed E-state index contributed by atoms with van der Waals surface area (Å²) >= 11 is 3.15. The number of fused-ring (bicyclic) bond motifs is 1. The molecule has 0 amide bonds. The molecule has 3 unspecified atom stereocenters. The second kappa shape index (κ2) is 6.34. The highest BCUT2D eigenvalue weighted by Crippen LogP contribution is 2.45. The Balaban J connectivity index is 1.86. The quantitative estimate of drug-likeness (QED) is 0.632. The first-order valence-electron chi connectivity index (χ1n) is 8.80. The van der Waals surface area contributed by atoms with Gasteiger partial charge in [0.2, 0.25) is 0 Å². The van der Waals surface area contributed by atoms with Crippen LogP contribution >= 0.6 is 15.9 Å². The van der Waals surface area contributed by atoms with Crippen LogP contribution in [-0.4, -0.2) is 36.8 Å². The number of hydrogen-bond acceptors (Lipinski definition) is 5. The maximum absolute atomic E-state index is 13.7. The summed E-state index contributed by atoms with van der Waals surface area (Å²) in [6.45, 7) is 6.28. The minimum absolute atomic E-state index is 0.114. The van der Waals surface area contributed by atoms with Crippen LogP contribution in [0.1, 0.15) is 32.3 Å². The Bertz CT molecular complexity index is 921. The second-order valence-electron chi connectivity index (χ2n) is 7.81. The maximum atomic E-state index is 13.7. The molecule has 0 aromatic heterocycles. The largest absolute Gasteiger partial charge is 0.456 e. The Morgan fingerprint density at radius 2 is 2.00 bits per heavy atom. The molecule has 0 saturated carbocycles. The van der Waals surface area contributed by atoms with Crippen molar-refractivity contribution in [1.29, 1.82) is 0 Å². The van der Waals surface area contributed by atoms with Crippen LogP contribution in [0.25, 0.3) is 0 Å². The summed E-state index contributed by atoms with van der Waals surface area (Å²) in [6, 6.07) is 4.32. The molecule has 27 heavy (non-hydrogen) atoms. The van der Waals surface area contributed by atoms with Crippen LogP contribution in [0.4, 0.5) is 4.39 Å². The molecule has 0 bridgehead atoms. The van der Waals surface area contributed by atoms with Crippen LogP contribution in [-0.2, 0) is 19.1 Å². The highest BCUT2D eigenvalue weighted by molar-refractivity contribution is 9.10. The molecule has 142 valence electrons. The first-order valence-corrected chi connectivity index (χ1v) is 9.59. The van der Waals surface area contributed by atoms with E-state index in [-0.39, 0.29) is 16.9 Å². The number of halogens is 2. The van der Waals surface area contributed by atoms with Crippen LogP contribution in [0.2, 0.25) is 0 Å². The number of carbonyl (C=O) groups is 2. The maximum Gasteiger partial charge on any atom is 0.315 e. The van der Waals surface area contributed by atoms with Gasteiger partial charge in [0.25, 0.3) is 0 Å². The van der Waals surface area contributed by atoms with Crippen LogP contribution in [0.3, 0.4) is 0 Å². The number of cyclic esters (lactones) is 1. The number of carbonyl (C=O) groups excluding carboxylic acids is 2. The van der Waals surface area contributed by atoms with E-state index in [1.54, 1.807) is 6.92 Å². The molecule has 3 heterocycles. The van der Waals surface area contributed by atoms with Crippen molar-refractivity contribution in [2.75, 3.05) is 13.2 Å². The summed E-state index contributed by atoms with van der Waals surface area (Å²) in [7, 11) is 0. The average Bonchev–Trinajstić information content (AvgIpc) is 2.58. The standard InChI is InChI=1S/C20H19BrFNO4/c1-9-17-15(18(24)16-13(23-17)7-26-8-20(16,2)3)14(19(25)27-9)10-4-5-12(22)11(21)6-10/h4-6,9,14-15H,7-8H2,1-3H3. The predicted octanol–water partition coefficient (Wildman–Crippen LogP) is 3.57. The fourth-order valence-corrected chi connectivity index (χ4v) is 4.56. The summed E-state index contributed by atoms with van der Waals surface area (Å²) in [6.07, 6.45) is -0.592. The van der Waals surface area contributed by atoms with Crippen LogP contribution in [0.15, 0.2) is 38.9 Å². The van der Waals surface area contributed by atoms with E-state index in [0.29, 0.717) is 29.2 Å². The molecule has 3 aliphatic rings. The fourth-order valence-electron chi connectivity index (χ4n) is 4.16. The summed E-state index contributed by atoms with van der Waals surface area (Å²) in [4.78, 5) is 31.0. The highest BCUT2D eigenvalue weighted by Gasteiger charge is 2.52. The summed E-state index contributed by atoms with van der Waals surface area (Å²) < 4.78 is 25.0. The molecular formula is C20H19BrFNO4. The molecule has 3 aliphatic heterocycles. The Hall–Kier alpha value is -1.86. The molecule has 0 spiro atoms. The number of esters is 1. The van der Waals surface area contributed by atoms with E-state index in [9.17, 15) is 14.0 Å². The molecule has 3 atom stereocenters. The average molecular weight is 436 g/mol. The van der Waals surface area contributed by atoms with Gasteiger partial charge in [-0.25, -0.2) is 4.39 Å². The van der Waals surface area contributed by atoms with Gasteiger partial charge in [-0.05, 0) is 40.5 Å². The smallest absolute Gasteiger partial charge is 0.315 e. The van der Waals surface area contributed by atoms with Crippen LogP contribution in [0, 0.1) is 17.2 Å². The molecule has 0 radical (unpaired) electrons. The zero-order chi connectivity index (χ0) is 19.5. The van der Waals surface area contributed by atoms with E-state index in [1.165, 1.54) is 18.2 Å². The van der Waals surface area contributed by atoms with Crippen LogP contribution in [0.5, 0.6) is 0 Å². The van der Waals surface area contributed by atoms with Crippen molar-refractivity contribution in [1.82, 2.24) is 0 Å². The van der Waals surface area contributed by atoms with E-state index in [1.807, 2.05) is 13.8 Å². The van der Waals surface area contributed by atoms with Gasteiger partial charge in [-0.2, -0.15) is 0 Å². The van der Waals surface area contributed by atoms with E-state index < -0.39 is 35.1 Å². The van der Waals surface area contributed by atoms with Gasteiger partial charge in [0.05, 0.1) is 40.9 Å². The van der Waals surface area contributed by atoms with Gasteiger partial charge in [-0.3, -0.25) is 14.6 Å². The van der Waals surface area contributed by atoms with Crippen molar-refractivity contribution in [2.45, 2.75) is 32.8 Å². The number of aliphatic imine (C=N–C) groups is 1. The van der Waals surface area contributed by atoms with Crippen molar-refractivity contribution in [3.63, 3.8) is 0 Å². The molecule has 0 aliphatic carbocycles. The van der Waals surface area contributed by atoms with Gasteiger partial charge in [0.15, 0.2) is 5.78 Å². The normalized spacial score (nSPS) is 29.7. The Kier molecular flexibility index (Phi) is 4.35. The monoisotopic (exact) mass is 435 g/mol. The van der Waals surface area contributed by atoms with E-state index >= 15 is 0 Å². The first kappa shape index (κ1) is 18.5. The van der Waals surface area contributed by atoms with Gasteiger partial charge in [-0.1, -0.05) is 19.9 Å². The predicted molar refractivity (Wildman–Crippen MR) is 100.0 cm³/mol. The molecular weight excluding hydrogens is 417 g/mol. The van der Waals surface area contributed by atoms with E-state index in [4.69, 9.17) is 14.5 Å². The number of nitrogens with zero attached hydrogens (tertiary/aromatic N) is 1. The van der Waals surface area contributed by atoms with Crippen molar-refractivity contribution in [3.8, 4) is 0 Å². The molecule has 1 fully saturated rings. The first-order chi connectivity index (χ1) is 12.7. The Morgan fingerprint density at radius 1 is 1.26 bits per heavy atom. The van der Waals surface area contributed by atoms with Gasteiger partial charge in [0.1, 0.15) is 11.9 Å². The number of benzene rings is 1. The topological polar surface area (TPSA) is 65.0 Å². The van der Waals surface area contributed by atoms with Crippen molar-refractivity contribution in [2.24, 2.45) is 16.3 Å². The second-order valence-corrected chi connectivity index (χ2v) is 8.66. The number of Topliss-reactive ketones (excluding diaryl/α,β-unsaturated/α-hetero) is 1. The molecule has 1 aromatic carbocycles. The van der Waals surface area contributed by atoms with E-state index in [0.717, 1.165) is 0 Å². The lowest BCUT2D eigenvalue weighted by atomic mass is 9.68. The Labute approximate surface area is 164 Å². The van der Waals surface area contributed by atoms with Gasteiger partial charge >= 0.3 is 5.97 Å². The van der Waals surface area contributed by atoms with Crippen LogP contribution < -0.4 is 0 Å². The fraction of sp³-hybridized carbons (Fsp3) is 0.450. The highest BCUT2D eigenvalue weighted by atomic mass is 79.9. The number of hydrogen-bond donors (Lipinski definition) is 0. The lowest BCUT2D eigenvalue weighted by Gasteiger charge is -2.42. The molecule has 7 heteroatoms. The molecule has 1 aromatic rings. The third-order valence-electron chi connectivity index (χ3n) is 5.38. The molecule has 4 rings (SSSR count). The van der Waals surface area contributed by atoms with Gasteiger partial charge < -0.3 is 9.47 Å². The summed E-state index contributed by atoms with van der Waals surface area (Å²) in [5.74, 6) is -2.63. The zero-order valence-corrected chi connectivity index (χ0v) is 16.8. The van der Waals surface area contributed by atoms with E-state index in [2.05, 4.69) is 15.9 Å². The number of ketones is 1. The Morgan fingerprint density at radius 3 is 2.70 bits per heavy atom. The number of rotatable bonds is 1. The van der Waals surface area contributed by atoms with Gasteiger partial charge in [0, 0.05) is 11.0 Å².